The fraction of sp³-hybridized carbons (Fsp3) is 0.526. The number of benzene rings is 1. The van der Waals surface area contributed by atoms with Crippen molar-refractivity contribution in [3.8, 4) is 0 Å². The second-order valence-electron chi connectivity index (χ2n) is 7.72. The van der Waals surface area contributed by atoms with Crippen LogP contribution in [0.4, 0.5) is 4.79 Å². The van der Waals surface area contributed by atoms with Crippen LogP contribution in [0.3, 0.4) is 0 Å². The van der Waals surface area contributed by atoms with Gasteiger partial charge in [-0.05, 0) is 39.7 Å². The molecule has 0 bridgehead atoms. The molecule has 0 atom stereocenters. The van der Waals surface area contributed by atoms with Crippen molar-refractivity contribution in [1.29, 1.82) is 0 Å². The molecule has 0 unspecified atom stereocenters. The second kappa shape index (κ2) is 7.45. The number of hydrogen-bond donors (Lipinski definition) is 1. The summed E-state index contributed by atoms with van der Waals surface area (Å²) in [6, 6.07) is 7.58. The number of hydrogen-bond acceptors (Lipinski definition) is 5. The maximum Gasteiger partial charge on any atom is 0.407 e. The predicted molar refractivity (Wildman–Crippen MR) is 100.0 cm³/mol. The van der Waals surface area contributed by atoms with E-state index in [1.54, 1.807) is 6.20 Å². The van der Waals surface area contributed by atoms with Crippen LogP contribution < -0.4 is 10.9 Å². The summed E-state index contributed by atoms with van der Waals surface area (Å²) in [5.74, 6) is 0. The van der Waals surface area contributed by atoms with Crippen LogP contribution in [0.15, 0.2) is 35.3 Å². The van der Waals surface area contributed by atoms with Gasteiger partial charge in [-0.25, -0.2) is 9.48 Å². The van der Waals surface area contributed by atoms with E-state index in [9.17, 15) is 9.59 Å². The molecular formula is C19H26N4O3. The predicted octanol–water partition coefficient (Wildman–Crippen LogP) is 2.34. The van der Waals surface area contributed by atoms with Crippen molar-refractivity contribution < 1.29 is 9.53 Å². The third-order valence-corrected chi connectivity index (χ3v) is 4.40. The summed E-state index contributed by atoms with van der Waals surface area (Å²) in [4.78, 5) is 26.6. The Morgan fingerprint density at radius 2 is 1.96 bits per heavy atom. The highest BCUT2D eigenvalue weighted by molar-refractivity contribution is 5.80. The summed E-state index contributed by atoms with van der Waals surface area (Å²) < 4.78 is 6.80. The van der Waals surface area contributed by atoms with Gasteiger partial charge in [-0.3, -0.25) is 9.69 Å². The lowest BCUT2D eigenvalue weighted by atomic mass is 10.1. The van der Waals surface area contributed by atoms with Crippen molar-refractivity contribution in [2.24, 2.45) is 0 Å². The number of aromatic nitrogens is 2. The minimum Gasteiger partial charge on any atom is -0.444 e. The van der Waals surface area contributed by atoms with Gasteiger partial charge in [0.15, 0.2) is 0 Å². The summed E-state index contributed by atoms with van der Waals surface area (Å²) in [5.41, 5.74) is -0.564. The highest BCUT2D eigenvalue weighted by Gasteiger charge is 2.24. The van der Waals surface area contributed by atoms with E-state index in [4.69, 9.17) is 4.74 Å². The first-order valence-electron chi connectivity index (χ1n) is 8.98. The van der Waals surface area contributed by atoms with Crippen molar-refractivity contribution in [3.63, 3.8) is 0 Å². The van der Waals surface area contributed by atoms with Gasteiger partial charge >= 0.3 is 6.09 Å². The molecule has 2 aromatic rings. The SMILES string of the molecule is CC(C)(C)OC(=O)NC1CCN(Cn2ncc3ccccc3c2=O)CC1. The van der Waals surface area contributed by atoms with E-state index in [2.05, 4.69) is 15.3 Å². The van der Waals surface area contributed by atoms with Gasteiger partial charge in [0, 0.05) is 24.5 Å². The summed E-state index contributed by atoms with van der Waals surface area (Å²) in [7, 11) is 0. The van der Waals surface area contributed by atoms with E-state index in [0.717, 1.165) is 31.3 Å². The first-order valence-corrected chi connectivity index (χ1v) is 8.98. The molecule has 1 aliphatic heterocycles. The first kappa shape index (κ1) is 18.4. The molecule has 1 aliphatic rings. The molecule has 0 spiro atoms. The average Bonchev–Trinajstić information content (AvgIpc) is 2.57. The number of likely N-dealkylation sites (tertiary alicyclic amines) is 1. The van der Waals surface area contributed by atoms with Gasteiger partial charge in [0.05, 0.1) is 18.3 Å². The van der Waals surface area contributed by atoms with Crippen LogP contribution >= 0.6 is 0 Å². The Balaban J connectivity index is 1.55. The standard InChI is InChI=1S/C19H26N4O3/c1-19(2,3)26-18(25)21-15-8-10-22(11-9-15)13-23-17(24)16-7-5-4-6-14(16)12-20-23/h4-7,12,15H,8-11,13H2,1-3H3,(H,21,25). The molecule has 1 aromatic heterocycles. The van der Waals surface area contributed by atoms with E-state index < -0.39 is 5.60 Å². The van der Waals surface area contributed by atoms with Crippen molar-refractivity contribution in [1.82, 2.24) is 20.0 Å². The van der Waals surface area contributed by atoms with Crippen LogP contribution in [0, 0.1) is 0 Å². The van der Waals surface area contributed by atoms with E-state index in [1.165, 1.54) is 4.68 Å². The number of fused-ring (bicyclic) bond motifs is 1. The minimum absolute atomic E-state index is 0.0721. The number of carbonyl (C=O) groups excluding carboxylic acids is 1. The average molecular weight is 358 g/mol. The molecule has 140 valence electrons. The Hall–Kier alpha value is -2.41. The monoisotopic (exact) mass is 358 g/mol. The molecule has 7 nitrogen and oxygen atoms in total. The molecule has 0 radical (unpaired) electrons. The normalized spacial score (nSPS) is 16.6. The van der Waals surface area contributed by atoms with E-state index >= 15 is 0 Å². The number of nitrogens with zero attached hydrogens (tertiary/aromatic N) is 3. The Morgan fingerprint density at radius 3 is 2.65 bits per heavy atom. The van der Waals surface area contributed by atoms with Crippen LogP contribution in [-0.4, -0.2) is 45.5 Å². The molecule has 1 saturated heterocycles. The van der Waals surface area contributed by atoms with Crippen molar-refractivity contribution in [2.75, 3.05) is 13.1 Å². The molecule has 1 aromatic carbocycles. The van der Waals surface area contributed by atoms with Gasteiger partial charge in [0.2, 0.25) is 0 Å². The molecular weight excluding hydrogens is 332 g/mol. The lowest BCUT2D eigenvalue weighted by Crippen LogP contribution is -2.47. The lowest BCUT2D eigenvalue weighted by Gasteiger charge is -2.32. The Kier molecular flexibility index (Phi) is 5.27. The maximum atomic E-state index is 12.5. The molecule has 3 rings (SSSR count). The van der Waals surface area contributed by atoms with Gasteiger partial charge in [0.1, 0.15) is 5.60 Å². The van der Waals surface area contributed by atoms with Crippen LogP contribution in [0.1, 0.15) is 33.6 Å². The number of amides is 1. The van der Waals surface area contributed by atoms with E-state index in [-0.39, 0.29) is 17.7 Å². The van der Waals surface area contributed by atoms with Crippen LogP contribution in [0.25, 0.3) is 10.8 Å². The molecule has 7 heteroatoms. The third-order valence-electron chi connectivity index (χ3n) is 4.40. The maximum absolute atomic E-state index is 12.5. The molecule has 2 heterocycles. The largest absolute Gasteiger partial charge is 0.444 e. The molecule has 0 saturated carbocycles. The number of alkyl carbamates (subject to hydrolysis) is 1. The quantitative estimate of drug-likeness (QED) is 0.911. The molecule has 1 amide bonds. The second-order valence-corrected chi connectivity index (χ2v) is 7.72. The summed E-state index contributed by atoms with van der Waals surface area (Å²) in [5, 5.41) is 8.74. The lowest BCUT2D eigenvalue weighted by molar-refractivity contribution is 0.0470. The van der Waals surface area contributed by atoms with Crippen molar-refractivity contribution in [3.05, 3.63) is 40.8 Å². The van der Waals surface area contributed by atoms with Crippen molar-refractivity contribution >= 4 is 16.9 Å². The zero-order valence-electron chi connectivity index (χ0n) is 15.6. The number of rotatable bonds is 3. The smallest absolute Gasteiger partial charge is 0.407 e. The minimum atomic E-state index is -0.492. The summed E-state index contributed by atoms with van der Waals surface area (Å²) in [6.45, 7) is 7.60. The molecule has 26 heavy (non-hydrogen) atoms. The zero-order valence-corrected chi connectivity index (χ0v) is 15.6. The highest BCUT2D eigenvalue weighted by Crippen LogP contribution is 2.13. The number of nitrogens with one attached hydrogen (secondary N) is 1. The molecule has 1 N–H and O–H groups in total. The van der Waals surface area contributed by atoms with Crippen LogP contribution in [-0.2, 0) is 11.4 Å². The Morgan fingerprint density at radius 1 is 1.27 bits per heavy atom. The fourth-order valence-electron chi connectivity index (χ4n) is 3.11. The van der Waals surface area contributed by atoms with Gasteiger partial charge < -0.3 is 10.1 Å². The Labute approximate surface area is 152 Å². The molecule has 1 fully saturated rings. The summed E-state index contributed by atoms with van der Waals surface area (Å²) in [6.07, 6.45) is 3.00. The van der Waals surface area contributed by atoms with Crippen LogP contribution in [0.2, 0.25) is 0 Å². The Bertz CT molecular complexity index is 833. The molecule has 0 aliphatic carbocycles. The zero-order chi connectivity index (χ0) is 18.7. The van der Waals surface area contributed by atoms with Gasteiger partial charge in [-0.1, -0.05) is 18.2 Å². The number of carbonyl (C=O) groups is 1. The number of piperidine rings is 1. The van der Waals surface area contributed by atoms with Gasteiger partial charge in [-0.15, -0.1) is 0 Å². The van der Waals surface area contributed by atoms with E-state index in [0.29, 0.717) is 12.1 Å². The van der Waals surface area contributed by atoms with Gasteiger partial charge in [0.25, 0.3) is 5.56 Å². The van der Waals surface area contributed by atoms with Gasteiger partial charge in [-0.2, -0.15) is 5.10 Å². The summed E-state index contributed by atoms with van der Waals surface area (Å²) >= 11 is 0. The fourth-order valence-corrected chi connectivity index (χ4v) is 3.11. The topological polar surface area (TPSA) is 76.5 Å². The first-order chi connectivity index (χ1) is 12.3. The highest BCUT2D eigenvalue weighted by atomic mass is 16.6. The van der Waals surface area contributed by atoms with Crippen LogP contribution in [0.5, 0.6) is 0 Å². The van der Waals surface area contributed by atoms with E-state index in [1.807, 2.05) is 45.0 Å². The number of ether oxygens (including phenoxy) is 1. The van der Waals surface area contributed by atoms with Crippen molar-refractivity contribution in [2.45, 2.75) is 51.9 Å². The third kappa shape index (κ3) is 4.60.